The van der Waals surface area contributed by atoms with Gasteiger partial charge in [0.2, 0.25) is 0 Å². The lowest BCUT2D eigenvalue weighted by atomic mass is 10.1. The third kappa shape index (κ3) is 4.34. The van der Waals surface area contributed by atoms with E-state index < -0.39 is 0 Å². The fraction of sp³-hybridized carbons (Fsp3) is 0.421. The predicted octanol–water partition coefficient (Wildman–Crippen LogP) is 3.73. The highest BCUT2D eigenvalue weighted by atomic mass is 35.5. The highest BCUT2D eigenvalue weighted by molar-refractivity contribution is 6.15. The Morgan fingerprint density at radius 2 is 1.69 bits per heavy atom. The maximum atomic E-state index is 12.8. The Morgan fingerprint density at radius 1 is 1.04 bits per heavy atom. The van der Waals surface area contributed by atoms with E-state index in [2.05, 4.69) is 16.5 Å². The first-order valence-corrected chi connectivity index (χ1v) is 9.33. The van der Waals surface area contributed by atoms with Gasteiger partial charge >= 0.3 is 0 Å². The molecule has 2 aromatic rings. The third-order valence-corrected chi connectivity index (χ3v) is 4.93. The Kier molecular flexibility index (Phi) is 7.38. The molecule has 0 spiro atoms. The molecular weight excluding hydrogens is 373 g/mol. The lowest BCUT2D eigenvalue weighted by Gasteiger charge is -2.30. The lowest BCUT2D eigenvalue weighted by molar-refractivity contribution is 0.0653. The second-order valence-corrected chi connectivity index (χ2v) is 6.36. The molecule has 5 nitrogen and oxygen atoms in total. The van der Waals surface area contributed by atoms with Gasteiger partial charge in [-0.2, -0.15) is 0 Å². The fourth-order valence-electron chi connectivity index (χ4n) is 3.55. The van der Waals surface area contributed by atoms with Gasteiger partial charge in [0.05, 0.1) is 0 Å². The number of hydrogen-bond acceptors (Lipinski definition) is 4. The molecular formula is C19H25Cl2N3O2. The van der Waals surface area contributed by atoms with E-state index in [9.17, 15) is 4.79 Å². The van der Waals surface area contributed by atoms with E-state index in [0.717, 1.165) is 44.6 Å². The van der Waals surface area contributed by atoms with Gasteiger partial charge < -0.3 is 20.0 Å². The normalized spacial score (nSPS) is 21.2. The van der Waals surface area contributed by atoms with Gasteiger partial charge in [-0.3, -0.25) is 4.79 Å². The number of carbonyl (C=O) groups excluding carboxylic acids is 1. The van der Waals surface area contributed by atoms with E-state index >= 15 is 0 Å². The van der Waals surface area contributed by atoms with Gasteiger partial charge in [0, 0.05) is 49.9 Å². The Hall–Kier alpha value is -1.69. The maximum Gasteiger partial charge on any atom is 0.289 e. The van der Waals surface area contributed by atoms with Crippen molar-refractivity contribution in [3.8, 4) is 11.3 Å². The lowest BCUT2D eigenvalue weighted by Crippen LogP contribution is -2.41. The number of amides is 1. The molecule has 3 aliphatic heterocycles. The minimum Gasteiger partial charge on any atom is -0.451 e. The van der Waals surface area contributed by atoms with Crippen LogP contribution in [0, 0.1) is 0 Å². The highest BCUT2D eigenvalue weighted by Gasteiger charge is 2.33. The summed E-state index contributed by atoms with van der Waals surface area (Å²) < 4.78 is 5.83. The van der Waals surface area contributed by atoms with Crippen molar-refractivity contribution in [1.82, 2.24) is 9.80 Å². The van der Waals surface area contributed by atoms with Crippen LogP contribution in [0.1, 0.15) is 23.4 Å². The summed E-state index contributed by atoms with van der Waals surface area (Å²) in [5.41, 5.74) is 7.36. The summed E-state index contributed by atoms with van der Waals surface area (Å²) >= 11 is 4.64. The number of carbonyl (C=O) groups is 1. The zero-order valence-electron chi connectivity index (χ0n) is 14.9. The minimum absolute atomic E-state index is 0. The largest absolute Gasteiger partial charge is 0.451 e. The van der Waals surface area contributed by atoms with Crippen LogP contribution in [0.5, 0.6) is 0 Å². The molecule has 1 amide bonds. The summed E-state index contributed by atoms with van der Waals surface area (Å²) in [6.07, 6.45) is 3.61. The average molecular weight is 398 g/mol. The first-order valence-electron chi connectivity index (χ1n) is 8.57. The smallest absolute Gasteiger partial charge is 0.289 e. The van der Waals surface area contributed by atoms with Crippen molar-refractivity contribution < 1.29 is 9.21 Å². The van der Waals surface area contributed by atoms with Gasteiger partial charge in [0.1, 0.15) is 5.76 Å². The molecule has 26 heavy (non-hydrogen) atoms. The van der Waals surface area contributed by atoms with Crippen LogP contribution < -0.4 is 5.73 Å². The van der Waals surface area contributed by atoms with Crippen LogP contribution in [0.25, 0.3) is 11.3 Å². The van der Waals surface area contributed by atoms with E-state index in [1.54, 1.807) is 6.07 Å². The second kappa shape index (κ2) is 9.31. The molecule has 0 aliphatic carbocycles. The van der Waals surface area contributed by atoms with Crippen molar-refractivity contribution in [3.63, 3.8) is 0 Å². The van der Waals surface area contributed by atoms with Gasteiger partial charge in [-0.25, -0.2) is 0 Å². The van der Waals surface area contributed by atoms with Gasteiger partial charge in [0.25, 0.3) is 5.91 Å². The second-order valence-electron chi connectivity index (χ2n) is 6.36. The van der Waals surface area contributed by atoms with E-state index in [1.165, 1.54) is 6.38 Å². The number of furan rings is 1. The number of fused-ring (bicyclic) bond motifs is 4. The van der Waals surface area contributed by atoms with Crippen LogP contribution in [0.15, 0.2) is 40.8 Å². The number of rotatable bonds is 2. The monoisotopic (exact) mass is 397 g/mol. The molecule has 3 aliphatic rings. The highest BCUT2D eigenvalue weighted by Crippen LogP contribution is 2.26. The number of nitrogens with two attached hydrogens (primary N) is 1. The van der Waals surface area contributed by atoms with Crippen molar-refractivity contribution in [3.05, 3.63) is 42.2 Å². The SMILES string of the molecule is CCl.Cl.Nc1ccc(-c2ccc(C(=O)N3CCN4CCC3CC4)o2)cc1. The van der Waals surface area contributed by atoms with Gasteiger partial charge in [-0.05, 0) is 49.2 Å². The van der Waals surface area contributed by atoms with Crippen LogP contribution in [0.3, 0.4) is 0 Å². The first-order chi connectivity index (χ1) is 12.2. The summed E-state index contributed by atoms with van der Waals surface area (Å²) in [5.74, 6) is 1.15. The Labute approximate surface area is 165 Å². The summed E-state index contributed by atoms with van der Waals surface area (Å²) in [4.78, 5) is 17.3. The Balaban J connectivity index is 0.000000784. The van der Waals surface area contributed by atoms with Crippen molar-refractivity contribution in [2.24, 2.45) is 0 Å². The molecule has 7 heteroatoms. The molecule has 0 radical (unpaired) electrons. The molecule has 2 bridgehead atoms. The van der Waals surface area contributed by atoms with Crippen molar-refractivity contribution in [1.29, 1.82) is 0 Å². The van der Waals surface area contributed by atoms with Gasteiger partial charge in [-0.1, -0.05) is 0 Å². The van der Waals surface area contributed by atoms with Crippen molar-refractivity contribution in [2.45, 2.75) is 18.9 Å². The van der Waals surface area contributed by atoms with E-state index in [0.29, 0.717) is 23.2 Å². The number of benzene rings is 1. The Bertz CT molecular complexity index is 710. The predicted molar refractivity (Wildman–Crippen MR) is 108 cm³/mol. The first kappa shape index (κ1) is 20.6. The molecule has 1 aromatic carbocycles. The van der Waals surface area contributed by atoms with Crippen LogP contribution in [0.4, 0.5) is 5.69 Å². The number of anilines is 1. The minimum atomic E-state index is 0. The molecule has 0 saturated carbocycles. The standard InChI is InChI=1S/C18H21N3O2.CH3Cl.ClH/c19-14-3-1-13(2-4-14)16-5-6-17(23-16)18(22)21-12-11-20-9-7-15(21)8-10-20;1-2;/h1-6,15H,7-12,19H2;1H3;1H. The maximum absolute atomic E-state index is 12.8. The van der Waals surface area contributed by atoms with E-state index in [4.69, 9.17) is 10.2 Å². The number of piperidine rings is 1. The number of nitrogen functional groups attached to an aromatic ring is 1. The zero-order valence-corrected chi connectivity index (χ0v) is 16.4. The number of hydrogen-bond donors (Lipinski definition) is 1. The van der Waals surface area contributed by atoms with Crippen LogP contribution in [0.2, 0.25) is 0 Å². The summed E-state index contributed by atoms with van der Waals surface area (Å²) in [5, 5.41) is 0. The molecule has 1 aromatic heterocycles. The third-order valence-electron chi connectivity index (χ3n) is 4.93. The summed E-state index contributed by atoms with van der Waals surface area (Å²) in [6.45, 7) is 3.96. The van der Waals surface area contributed by atoms with Crippen LogP contribution >= 0.6 is 24.0 Å². The van der Waals surface area contributed by atoms with Crippen molar-refractivity contribution >= 4 is 35.6 Å². The molecule has 2 N–H and O–H groups in total. The van der Waals surface area contributed by atoms with E-state index in [1.807, 2.05) is 35.2 Å². The molecule has 3 fully saturated rings. The average Bonchev–Trinajstić information content (AvgIpc) is 2.96. The molecule has 5 rings (SSSR count). The van der Waals surface area contributed by atoms with Crippen molar-refractivity contribution in [2.75, 3.05) is 38.3 Å². The quantitative estimate of drug-likeness (QED) is 0.619. The van der Waals surface area contributed by atoms with Crippen LogP contribution in [-0.4, -0.2) is 54.3 Å². The molecule has 142 valence electrons. The number of nitrogens with zero attached hydrogens (tertiary/aromatic N) is 2. The topological polar surface area (TPSA) is 62.7 Å². The molecule has 4 heterocycles. The van der Waals surface area contributed by atoms with Gasteiger partial charge in [0.15, 0.2) is 5.76 Å². The molecule has 0 atom stereocenters. The van der Waals surface area contributed by atoms with Gasteiger partial charge in [-0.15, -0.1) is 24.0 Å². The molecule has 3 saturated heterocycles. The summed E-state index contributed by atoms with van der Waals surface area (Å²) in [7, 11) is 0. The van der Waals surface area contributed by atoms with E-state index in [-0.39, 0.29) is 18.3 Å². The fourth-order valence-corrected chi connectivity index (χ4v) is 3.55. The molecule has 0 unspecified atom stereocenters. The Morgan fingerprint density at radius 3 is 2.35 bits per heavy atom. The summed E-state index contributed by atoms with van der Waals surface area (Å²) in [6, 6.07) is 11.5. The number of alkyl halides is 1. The zero-order chi connectivity index (χ0) is 17.8. The van der Waals surface area contributed by atoms with Crippen LogP contribution in [-0.2, 0) is 0 Å². The number of halogens is 2.